The van der Waals surface area contributed by atoms with Crippen molar-refractivity contribution in [3.63, 3.8) is 0 Å². The molecule has 1 unspecified atom stereocenters. The first-order chi connectivity index (χ1) is 10.7. The van der Waals surface area contributed by atoms with Crippen LogP contribution in [0.4, 0.5) is 0 Å². The third-order valence-corrected chi connectivity index (χ3v) is 5.11. The van der Waals surface area contributed by atoms with Crippen LogP contribution in [0.25, 0.3) is 22.2 Å². The molecule has 4 rings (SSSR count). The van der Waals surface area contributed by atoms with E-state index in [1.165, 1.54) is 51.7 Å². The minimum Gasteiger partial charge on any atom is -0.340 e. The van der Waals surface area contributed by atoms with Crippen LogP contribution in [0.5, 0.6) is 0 Å². The average Bonchev–Trinajstić information content (AvgIpc) is 3.00. The van der Waals surface area contributed by atoms with Crippen LogP contribution in [0, 0.1) is 6.92 Å². The monoisotopic (exact) mass is 289 g/mol. The van der Waals surface area contributed by atoms with Gasteiger partial charge >= 0.3 is 0 Å². The summed E-state index contributed by atoms with van der Waals surface area (Å²) in [5, 5.41) is 1.45. The van der Waals surface area contributed by atoms with Crippen LogP contribution >= 0.6 is 0 Å². The molecule has 1 heterocycles. The Labute approximate surface area is 132 Å². The third kappa shape index (κ3) is 1.78. The molecule has 22 heavy (non-hydrogen) atoms. The summed E-state index contributed by atoms with van der Waals surface area (Å²) in [4.78, 5) is 0. The molecule has 1 atom stereocenters. The summed E-state index contributed by atoms with van der Waals surface area (Å²) >= 11 is 0. The molecular formula is C21H23N. The van der Waals surface area contributed by atoms with Gasteiger partial charge in [-0.15, -0.1) is 0 Å². The van der Waals surface area contributed by atoms with E-state index < -0.39 is 0 Å². The Kier molecular flexibility index (Phi) is 3.11. The van der Waals surface area contributed by atoms with E-state index in [9.17, 15) is 0 Å². The Morgan fingerprint density at radius 3 is 2.73 bits per heavy atom. The number of hydrogen-bond acceptors (Lipinski definition) is 0. The first-order valence-corrected chi connectivity index (χ1v) is 8.44. The zero-order chi connectivity index (χ0) is 15.3. The summed E-state index contributed by atoms with van der Waals surface area (Å²) in [7, 11) is 0. The smallest absolute Gasteiger partial charge is 0.0533 e. The Bertz CT molecular complexity index is 854. The van der Waals surface area contributed by atoms with Crippen molar-refractivity contribution >= 4 is 10.9 Å². The lowest BCUT2D eigenvalue weighted by molar-refractivity contribution is 0.654. The Balaban J connectivity index is 2.07. The van der Waals surface area contributed by atoms with Gasteiger partial charge in [-0.25, -0.2) is 0 Å². The van der Waals surface area contributed by atoms with Crippen LogP contribution in [-0.2, 0) is 6.54 Å². The molecule has 0 fully saturated rings. The van der Waals surface area contributed by atoms with Gasteiger partial charge in [0.05, 0.1) is 5.69 Å². The molecule has 1 nitrogen and oxygen atoms in total. The van der Waals surface area contributed by atoms with Crippen molar-refractivity contribution < 1.29 is 0 Å². The van der Waals surface area contributed by atoms with Gasteiger partial charge in [-0.05, 0) is 36.6 Å². The molecule has 0 amide bonds. The van der Waals surface area contributed by atoms with Crippen molar-refractivity contribution in [2.45, 2.75) is 46.1 Å². The predicted molar refractivity (Wildman–Crippen MR) is 94.5 cm³/mol. The lowest BCUT2D eigenvalue weighted by Gasteiger charge is -2.11. The molecular weight excluding hydrogens is 266 g/mol. The van der Waals surface area contributed by atoms with Gasteiger partial charge in [-0.1, -0.05) is 56.2 Å². The van der Waals surface area contributed by atoms with Crippen LogP contribution in [0.3, 0.4) is 0 Å². The Morgan fingerprint density at radius 2 is 1.91 bits per heavy atom. The number of rotatable bonds is 3. The highest BCUT2D eigenvalue weighted by atomic mass is 15.0. The maximum atomic E-state index is 2.57. The maximum absolute atomic E-state index is 2.57. The van der Waals surface area contributed by atoms with Crippen molar-refractivity contribution in [2.75, 3.05) is 0 Å². The molecule has 1 aliphatic rings. The number of hydrogen-bond donors (Lipinski definition) is 0. The molecule has 0 saturated heterocycles. The minimum absolute atomic E-state index is 0.498. The standard InChI is InChI=1S/C21H23N/c1-4-5-12-22-19-11-10-14(2)13-18(19)20-15(3)16-8-6-7-9-17(16)21(20)22/h6-11,13,15H,4-5,12H2,1-3H3. The second kappa shape index (κ2) is 5.01. The molecule has 1 aliphatic carbocycles. The minimum atomic E-state index is 0.498. The first kappa shape index (κ1) is 13.6. The normalized spacial score (nSPS) is 16.0. The zero-order valence-electron chi connectivity index (χ0n) is 13.7. The van der Waals surface area contributed by atoms with Gasteiger partial charge in [-0.2, -0.15) is 0 Å². The van der Waals surface area contributed by atoms with E-state index in [0.29, 0.717) is 5.92 Å². The molecule has 3 aromatic rings. The lowest BCUT2D eigenvalue weighted by atomic mass is 9.97. The largest absolute Gasteiger partial charge is 0.340 e. The summed E-state index contributed by atoms with van der Waals surface area (Å²) in [6, 6.07) is 15.9. The highest BCUT2D eigenvalue weighted by molar-refractivity contribution is 5.96. The van der Waals surface area contributed by atoms with Crippen molar-refractivity contribution in [1.82, 2.24) is 4.57 Å². The second-order valence-corrected chi connectivity index (χ2v) is 6.60. The summed E-state index contributed by atoms with van der Waals surface area (Å²) < 4.78 is 2.57. The van der Waals surface area contributed by atoms with Gasteiger partial charge < -0.3 is 4.57 Å². The Morgan fingerprint density at radius 1 is 1.09 bits per heavy atom. The highest BCUT2D eigenvalue weighted by Gasteiger charge is 2.31. The number of aromatic nitrogens is 1. The van der Waals surface area contributed by atoms with E-state index in [2.05, 4.69) is 67.8 Å². The Hall–Kier alpha value is -2.02. The van der Waals surface area contributed by atoms with E-state index in [4.69, 9.17) is 0 Å². The maximum Gasteiger partial charge on any atom is 0.0533 e. The number of benzene rings is 2. The number of nitrogens with zero attached hydrogens (tertiary/aromatic N) is 1. The van der Waals surface area contributed by atoms with Crippen molar-refractivity contribution in [1.29, 1.82) is 0 Å². The fourth-order valence-corrected chi connectivity index (χ4v) is 4.02. The SMILES string of the molecule is CCCCn1c2c(c3cc(C)ccc31)C(C)c1ccccc1-2. The molecule has 0 radical (unpaired) electrons. The van der Waals surface area contributed by atoms with Gasteiger partial charge in [0, 0.05) is 28.9 Å². The quantitative estimate of drug-likeness (QED) is 0.567. The lowest BCUT2D eigenvalue weighted by Crippen LogP contribution is -1.99. The average molecular weight is 289 g/mol. The van der Waals surface area contributed by atoms with Crippen LogP contribution in [-0.4, -0.2) is 4.57 Å². The number of unbranched alkanes of at least 4 members (excludes halogenated alkanes) is 1. The topological polar surface area (TPSA) is 4.93 Å². The number of aryl methyl sites for hydroxylation is 2. The molecule has 0 saturated carbocycles. The molecule has 0 aliphatic heterocycles. The summed E-state index contributed by atoms with van der Waals surface area (Å²) in [5.41, 5.74) is 8.70. The molecule has 1 aromatic heterocycles. The molecule has 112 valence electrons. The fraction of sp³-hybridized carbons (Fsp3) is 0.333. The van der Waals surface area contributed by atoms with E-state index in [-0.39, 0.29) is 0 Å². The van der Waals surface area contributed by atoms with E-state index in [1.807, 2.05) is 0 Å². The summed E-state index contributed by atoms with van der Waals surface area (Å²) in [6.07, 6.45) is 2.47. The van der Waals surface area contributed by atoms with E-state index in [1.54, 1.807) is 0 Å². The van der Waals surface area contributed by atoms with E-state index in [0.717, 1.165) is 6.54 Å². The summed E-state index contributed by atoms with van der Waals surface area (Å²) in [6.45, 7) is 7.94. The van der Waals surface area contributed by atoms with E-state index >= 15 is 0 Å². The molecule has 2 aromatic carbocycles. The first-order valence-electron chi connectivity index (χ1n) is 8.44. The number of fused-ring (bicyclic) bond motifs is 5. The highest BCUT2D eigenvalue weighted by Crippen LogP contribution is 2.49. The van der Waals surface area contributed by atoms with Crippen LogP contribution < -0.4 is 0 Å². The van der Waals surface area contributed by atoms with Gasteiger partial charge in [-0.3, -0.25) is 0 Å². The van der Waals surface area contributed by atoms with Crippen LogP contribution in [0.1, 0.15) is 49.3 Å². The fourth-order valence-electron chi connectivity index (χ4n) is 4.02. The van der Waals surface area contributed by atoms with Crippen molar-refractivity contribution in [3.8, 4) is 11.3 Å². The molecule has 0 N–H and O–H groups in total. The van der Waals surface area contributed by atoms with Gasteiger partial charge in [0.2, 0.25) is 0 Å². The zero-order valence-corrected chi connectivity index (χ0v) is 13.7. The van der Waals surface area contributed by atoms with Gasteiger partial charge in [0.25, 0.3) is 0 Å². The molecule has 0 bridgehead atoms. The summed E-state index contributed by atoms with van der Waals surface area (Å²) in [5.74, 6) is 0.498. The van der Waals surface area contributed by atoms with Gasteiger partial charge in [0.15, 0.2) is 0 Å². The third-order valence-electron chi connectivity index (χ3n) is 5.11. The van der Waals surface area contributed by atoms with Crippen LogP contribution in [0.2, 0.25) is 0 Å². The molecule has 1 heteroatoms. The van der Waals surface area contributed by atoms with Crippen LogP contribution in [0.15, 0.2) is 42.5 Å². The van der Waals surface area contributed by atoms with Gasteiger partial charge in [0.1, 0.15) is 0 Å². The van der Waals surface area contributed by atoms with Crippen molar-refractivity contribution in [3.05, 3.63) is 59.2 Å². The molecule has 0 spiro atoms. The second-order valence-electron chi connectivity index (χ2n) is 6.60. The van der Waals surface area contributed by atoms with Crippen molar-refractivity contribution in [2.24, 2.45) is 0 Å². The predicted octanol–water partition coefficient (Wildman–Crippen LogP) is 5.88.